The number of unbranched alkanes of at least 4 members (excludes halogenated alkanes) is 1. The van der Waals surface area contributed by atoms with Crippen LogP contribution in [0, 0.1) is 5.92 Å². The molecule has 0 amide bonds. The molecule has 1 nitrogen and oxygen atoms in total. The van der Waals surface area contributed by atoms with Crippen molar-refractivity contribution < 1.29 is 37.8 Å². The third-order valence-corrected chi connectivity index (χ3v) is 2.75. The second kappa shape index (κ2) is 8.65. The van der Waals surface area contributed by atoms with Crippen LogP contribution in [-0.2, 0) is 32.7 Å². The molecule has 0 aromatic rings. The van der Waals surface area contributed by atoms with Crippen molar-refractivity contribution in [3.63, 3.8) is 0 Å². The Labute approximate surface area is 101 Å². The van der Waals surface area contributed by atoms with Crippen LogP contribution >= 0.6 is 0 Å². The monoisotopic (exact) mass is 245 g/mol. The molecule has 1 radical (unpaired) electrons. The van der Waals surface area contributed by atoms with E-state index < -0.39 is 0 Å². The van der Waals surface area contributed by atoms with Crippen LogP contribution in [0.3, 0.4) is 0 Å². The van der Waals surface area contributed by atoms with Crippen molar-refractivity contribution in [1.82, 2.24) is 0 Å². The van der Waals surface area contributed by atoms with Crippen molar-refractivity contribution in [2.24, 2.45) is 5.92 Å². The summed E-state index contributed by atoms with van der Waals surface area (Å²) < 4.78 is 0. The molecule has 0 aromatic carbocycles. The number of hydrogen-bond donors (Lipinski definition) is 1. The topological polar surface area (TPSA) is 20.2 Å². The zero-order chi connectivity index (χ0) is 7.94. The minimum absolute atomic E-state index is 0. The summed E-state index contributed by atoms with van der Waals surface area (Å²) in [5.41, 5.74) is 0. The number of hydrogen-bond acceptors (Lipinski definition) is 1. The fourth-order valence-corrected chi connectivity index (χ4v) is 2.02. The molecule has 0 aromatic heterocycles. The van der Waals surface area contributed by atoms with Crippen LogP contribution in [-0.4, -0.2) is 11.7 Å². The molecule has 0 atom stereocenters. The van der Waals surface area contributed by atoms with Gasteiger partial charge in [0, 0.05) is 39.3 Å². The summed E-state index contributed by atoms with van der Waals surface area (Å²) in [5, 5.41) is 8.60. The Morgan fingerprint density at radius 1 is 1.00 bits per heavy atom. The van der Waals surface area contributed by atoms with Crippen LogP contribution in [0.5, 0.6) is 0 Å². The maximum Gasteiger partial charge on any atom is 0.0431 e. The molecule has 1 aliphatic rings. The van der Waals surface area contributed by atoms with E-state index in [1.807, 2.05) is 0 Å². The maximum absolute atomic E-state index is 8.60. The van der Waals surface area contributed by atoms with Crippen molar-refractivity contribution in [1.29, 1.82) is 0 Å². The molecular formula is C10H20OY. The van der Waals surface area contributed by atoms with Crippen LogP contribution in [0.25, 0.3) is 0 Å². The standard InChI is InChI=1S/C10H20O.Y/c11-9-5-4-8-10-6-2-1-3-7-10;/h10-11H,1-9H2;. The van der Waals surface area contributed by atoms with E-state index in [2.05, 4.69) is 0 Å². The van der Waals surface area contributed by atoms with Gasteiger partial charge in [-0.05, 0) is 12.3 Å². The first-order chi connectivity index (χ1) is 5.43. The Morgan fingerprint density at radius 2 is 1.67 bits per heavy atom. The summed E-state index contributed by atoms with van der Waals surface area (Å²) in [6.45, 7) is 0.382. The quantitative estimate of drug-likeness (QED) is 0.755. The molecule has 0 heterocycles. The fourth-order valence-electron chi connectivity index (χ4n) is 2.02. The fraction of sp³-hybridized carbons (Fsp3) is 1.00. The molecule has 0 bridgehead atoms. The second-order valence-electron chi connectivity index (χ2n) is 3.72. The zero-order valence-corrected chi connectivity index (χ0v) is 10.8. The summed E-state index contributed by atoms with van der Waals surface area (Å²) in [6.07, 6.45) is 10.9. The second-order valence-corrected chi connectivity index (χ2v) is 3.72. The van der Waals surface area contributed by atoms with Crippen molar-refractivity contribution in [2.75, 3.05) is 6.61 Å². The predicted molar refractivity (Wildman–Crippen MR) is 47.5 cm³/mol. The van der Waals surface area contributed by atoms with Crippen LogP contribution in [0.2, 0.25) is 0 Å². The first-order valence-corrected chi connectivity index (χ1v) is 5.04. The van der Waals surface area contributed by atoms with Crippen LogP contribution in [0.1, 0.15) is 51.4 Å². The van der Waals surface area contributed by atoms with Crippen LogP contribution in [0.4, 0.5) is 0 Å². The molecule has 2 heteroatoms. The predicted octanol–water partition coefficient (Wildman–Crippen LogP) is 2.73. The first-order valence-electron chi connectivity index (χ1n) is 5.04. The van der Waals surface area contributed by atoms with Gasteiger partial charge in [-0.2, -0.15) is 0 Å². The average Bonchev–Trinajstić information content (AvgIpc) is 2.07. The molecule has 0 saturated heterocycles. The van der Waals surface area contributed by atoms with E-state index in [1.54, 1.807) is 0 Å². The van der Waals surface area contributed by atoms with Gasteiger partial charge in [0.15, 0.2) is 0 Å². The van der Waals surface area contributed by atoms with Gasteiger partial charge < -0.3 is 5.11 Å². The molecule has 1 rings (SSSR count). The summed E-state index contributed by atoms with van der Waals surface area (Å²) in [5.74, 6) is 0.996. The number of aliphatic hydroxyl groups excluding tert-OH is 1. The summed E-state index contributed by atoms with van der Waals surface area (Å²) in [7, 11) is 0. The van der Waals surface area contributed by atoms with Gasteiger partial charge in [0.05, 0.1) is 0 Å². The van der Waals surface area contributed by atoms with E-state index in [4.69, 9.17) is 5.11 Å². The van der Waals surface area contributed by atoms with E-state index in [0.717, 1.165) is 12.3 Å². The maximum atomic E-state index is 8.60. The van der Waals surface area contributed by atoms with Crippen LogP contribution < -0.4 is 0 Å². The van der Waals surface area contributed by atoms with Gasteiger partial charge in [-0.15, -0.1) is 0 Å². The normalized spacial score (nSPS) is 18.8. The minimum Gasteiger partial charge on any atom is -0.396 e. The first kappa shape index (κ1) is 13.1. The summed E-state index contributed by atoms with van der Waals surface area (Å²) in [4.78, 5) is 0. The molecule has 1 N–H and O–H groups in total. The van der Waals surface area contributed by atoms with Gasteiger partial charge in [0.25, 0.3) is 0 Å². The molecule has 0 unspecified atom stereocenters. The molecule has 12 heavy (non-hydrogen) atoms. The summed E-state index contributed by atoms with van der Waals surface area (Å²) >= 11 is 0. The van der Waals surface area contributed by atoms with Gasteiger partial charge in [0.1, 0.15) is 0 Å². The molecule has 0 spiro atoms. The third-order valence-electron chi connectivity index (χ3n) is 2.75. The minimum atomic E-state index is 0. The Balaban J connectivity index is 0.00000121. The molecule has 1 fully saturated rings. The van der Waals surface area contributed by atoms with Crippen molar-refractivity contribution >= 4 is 0 Å². The molecule has 69 valence electrons. The molecule has 1 aliphatic carbocycles. The number of aliphatic hydroxyl groups is 1. The van der Waals surface area contributed by atoms with Gasteiger partial charge >= 0.3 is 0 Å². The third kappa shape index (κ3) is 5.67. The molecular weight excluding hydrogens is 225 g/mol. The Kier molecular flexibility index (Phi) is 9.42. The Morgan fingerprint density at radius 3 is 2.25 bits per heavy atom. The average molecular weight is 245 g/mol. The van der Waals surface area contributed by atoms with E-state index in [1.165, 1.54) is 44.9 Å². The van der Waals surface area contributed by atoms with Gasteiger partial charge in [-0.25, -0.2) is 0 Å². The Hall–Kier alpha value is 1.06. The van der Waals surface area contributed by atoms with Gasteiger partial charge in [0.2, 0.25) is 0 Å². The summed E-state index contributed by atoms with van der Waals surface area (Å²) in [6, 6.07) is 0. The molecule has 1 saturated carbocycles. The van der Waals surface area contributed by atoms with E-state index in [-0.39, 0.29) is 32.7 Å². The van der Waals surface area contributed by atoms with E-state index in [9.17, 15) is 0 Å². The van der Waals surface area contributed by atoms with Gasteiger partial charge in [-0.3, -0.25) is 0 Å². The van der Waals surface area contributed by atoms with Crippen molar-refractivity contribution in [3.8, 4) is 0 Å². The van der Waals surface area contributed by atoms with E-state index in [0.29, 0.717) is 6.61 Å². The van der Waals surface area contributed by atoms with Gasteiger partial charge in [-0.1, -0.05) is 44.9 Å². The Bertz CT molecular complexity index is 89.8. The van der Waals surface area contributed by atoms with E-state index >= 15 is 0 Å². The van der Waals surface area contributed by atoms with Crippen LogP contribution in [0.15, 0.2) is 0 Å². The largest absolute Gasteiger partial charge is 0.396 e. The zero-order valence-electron chi connectivity index (χ0n) is 7.97. The molecule has 0 aliphatic heterocycles. The van der Waals surface area contributed by atoms with Crippen molar-refractivity contribution in [3.05, 3.63) is 0 Å². The smallest absolute Gasteiger partial charge is 0.0431 e. The SMILES string of the molecule is OCCCCC1CCCCC1.[Y]. The number of rotatable bonds is 4. The van der Waals surface area contributed by atoms with Crippen molar-refractivity contribution in [2.45, 2.75) is 51.4 Å².